The lowest BCUT2D eigenvalue weighted by Gasteiger charge is -2.13. The lowest BCUT2D eigenvalue weighted by Crippen LogP contribution is -1.94. The zero-order valence-corrected chi connectivity index (χ0v) is 18.5. The molecule has 3 aromatic carbocycles. The van der Waals surface area contributed by atoms with Gasteiger partial charge in [-0.3, -0.25) is 4.57 Å². The Morgan fingerprint density at radius 3 is 2.42 bits per heavy atom. The van der Waals surface area contributed by atoms with E-state index in [1.807, 2.05) is 42.5 Å². The predicted octanol–water partition coefficient (Wildman–Crippen LogP) is 6.87. The van der Waals surface area contributed by atoms with Gasteiger partial charge in [-0.1, -0.05) is 48.5 Å². The van der Waals surface area contributed by atoms with Crippen LogP contribution in [0.5, 0.6) is 0 Å². The minimum Gasteiger partial charge on any atom is -0.399 e. The molecule has 4 rings (SSSR count). The lowest BCUT2D eigenvalue weighted by atomic mass is 9.95. The van der Waals surface area contributed by atoms with Crippen molar-refractivity contribution in [1.82, 2.24) is 4.98 Å². The molecule has 0 unspecified atom stereocenters. The third-order valence-corrected chi connectivity index (χ3v) is 6.71. The normalized spacial score (nSPS) is 12.2. The van der Waals surface area contributed by atoms with Gasteiger partial charge in [0.1, 0.15) is 0 Å². The molecule has 158 valence electrons. The van der Waals surface area contributed by atoms with E-state index in [1.165, 1.54) is 5.82 Å². The lowest BCUT2D eigenvalue weighted by molar-refractivity contribution is 0.229. The molecule has 1 heterocycles. The molecule has 0 amide bonds. The number of anilines is 1. The molecular formula is C25H25N2O3P. The fraction of sp³-hybridized carbons (Fsp3) is 0.160. The van der Waals surface area contributed by atoms with Crippen molar-refractivity contribution in [1.29, 1.82) is 0 Å². The van der Waals surface area contributed by atoms with Gasteiger partial charge in [0, 0.05) is 22.5 Å². The molecule has 2 N–H and O–H groups in total. The standard InChI is InChI=1S/C25H25N2O3P/c1-3-29-31(28,30-4-2)15-14-21-13-12-19-16-20(26)17-24(25(19)27-21)23-11-7-9-18-8-5-6-10-22(18)23/h5-17H,3-4,26H2,1-2H3/b15-14+. The topological polar surface area (TPSA) is 74.4 Å². The van der Waals surface area contributed by atoms with Crippen LogP contribution in [0.1, 0.15) is 19.5 Å². The zero-order valence-electron chi connectivity index (χ0n) is 17.6. The van der Waals surface area contributed by atoms with Crippen LogP contribution >= 0.6 is 7.60 Å². The van der Waals surface area contributed by atoms with Gasteiger partial charge in [-0.15, -0.1) is 0 Å². The van der Waals surface area contributed by atoms with E-state index < -0.39 is 7.60 Å². The van der Waals surface area contributed by atoms with E-state index in [4.69, 9.17) is 19.8 Å². The number of nitrogen functional groups attached to an aromatic ring is 1. The molecule has 6 heteroatoms. The van der Waals surface area contributed by atoms with Gasteiger partial charge in [-0.25, -0.2) is 4.98 Å². The Bertz CT molecular complexity index is 1300. The summed E-state index contributed by atoms with van der Waals surface area (Å²) < 4.78 is 23.4. The van der Waals surface area contributed by atoms with Crippen LogP contribution in [0.2, 0.25) is 0 Å². The molecular weight excluding hydrogens is 407 g/mol. The number of hydrogen-bond donors (Lipinski definition) is 1. The number of nitrogens with two attached hydrogens (primary N) is 1. The minimum absolute atomic E-state index is 0.303. The van der Waals surface area contributed by atoms with Gasteiger partial charge in [0.05, 0.1) is 24.4 Å². The Morgan fingerprint density at radius 2 is 1.65 bits per heavy atom. The molecule has 0 aliphatic carbocycles. The second kappa shape index (κ2) is 9.03. The molecule has 0 saturated heterocycles. The first-order valence-electron chi connectivity index (χ1n) is 10.3. The van der Waals surface area contributed by atoms with Crippen LogP contribution in [-0.4, -0.2) is 18.2 Å². The zero-order chi connectivity index (χ0) is 21.8. The van der Waals surface area contributed by atoms with Gasteiger partial charge >= 0.3 is 7.60 Å². The second-order valence-corrected chi connectivity index (χ2v) is 8.99. The van der Waals surface area contributed by atoms with Crippen LogP contribution in [0.3, 0.4) is 0 Å². The van der Waals surface area contributed by atoms with E-state index >= 15 is 0 Å². The van der Waals surface area contributed by atoms with E-state index in [-0.39, 0.29) is 0 Å². The van der Waals surface area contributed by atoms with Crippen LogP contribution in [0.4, 0.5) is 5.69 Å². The first-order chi connectivity index (χ1) is 15.0. The Kier molecular flexibility index (Phi) is 6.19. The first-order valence-corrected chi connectivity index (χ1v) is 11.9. The molecule has 0 aliphatic heterocycles. The van der Waals surface area contributed by atoms with E-state index in [1.54, 1.807) is 19.9 Å². The molecule has 0 saturated carbocycles. The van der Waals surface area contributed by atoms with Gasteiger partial charge in [0.25, 0.3) is 0 Å². The highest BCUT2D eigenvalue weighted by Crippen LogP contribution is 2.50. The maximum absolute atomic E-state index is 12.8. The summed E-state index contributed by atoms with van der Waals surface area (Å²) in [5.41, 5.74) is 10.4. The van der Waals surface area contributed by atoms with Crippen LogP contribution in [0.25, 0.3) is 38.9 Å². The number of aromatic nitrogens is 1. The number of nitrogens with zero attached hydrogens (tertiary/aromatic N) is 1. The summed E-state index contributed by atoms with van der Waals surface area (Å²) in [6.45, 7) is 4.18. The maximum atomic E-state index is 12.8. The van der Waals surface area contributed by atoms with Crippen LogP contribution < -0.4 is 5.73 Å². The van der Waals surface area contributed by atoms with Crippen molar-refractivity contribution in [3.8, 4) is 11.1 Å². The fourth-order valence-electron chi connectivity index (χ4n) is 3.68. The molecule has 0 radical (unpaired) electrons. The Hall–Kier alpha value is -2.98. The fourth-order valence-corrected chi connectivity index (χ4v) is 4.98. The summed E-state index contributed by atoms with van der Waals surface area (Å²) in [5, 5.41) is 3.23. The number of hydrogen-bond acceptors (Lipinski definition) is 5. The Labute approximate surface area is 182 Å². The van der Waals surface area contributed by atoms with Crippen LogP contribution in [0.15, 0.2) is 72.5 Å². The number of rotatable bonds is 7. The Balaban J connectivity index is 1.86. The van der Waals surface area contributed by atoms with E-state index in [0.29, 0.717) is 24.6 Å². The van der Waals surface area contributed by atoms with Crippen LogP contribution in [0, 0.1) is 0 Å². The van der Waals surface area contributed by atoms with Crippen molar-refractivity contribution in [2.75, 3.05) is 18.9 Å². The van der Waals surface area contributed by atoms with Crippen molar-refractivity contribution in [2.24, 2.45) is 0 Å². The van der Waals surface area contributed by atoms with E-state index in [0.717, 1.165) is 32.8 Å². The summed E-state index contributed by atoms with van der Waals surface area (Å²) in [5.74, 6) is 1.48. The van der Waals surface area contributed by atoms with E-state index in [9.17, 15) is 4.57 Å². The highest BCUT2D eigenvalue weighted by atomic mass is 31.2. The van der Waals surface area contributed by atoms with Gasteiger partial charge in [0.2, 0.25) is 0 Å². The largest absolute Gasteiger partial charge is 0.399 e. The molecule has 1 aromatic heterocycles. The van der Waals surface area contributed by atoms with Gasteiger partial charge < -0.3 is 14.8 Å². The summed E-state index contributed by atoms with van der Waals surface area (Å²) in [6.07, 6.45) is 1.69. The second-order valence-electron chi connectivity index (χ2n) is 7.09. The molecule has 4 aromatic rings. The predicted molar refractivity (Wildman–Crippen MR) is 129 cm³/mol. The third-order valence-electron chi connectivity index (χ3n) is 4.96. The summed E-state index contributed by atoms with van der Waals surface area (Å²) in [7, 11) is -3.30. The average Bonchev–Trinajstić information content (AvgIpc) is 2.77. The molecule has 0 bridgehead atoms. The van der Waals surface area contributed by atoms with Gasteiger partial charge in [-0.2, -0.15) is 0 Å². The summed E-state index contributed by atoms with van der Waals surface area (Å²) in [6, 6.07) is 22.2. The van der Waals surface area contributed by atoms with Crippen molar-refractivity contribution in [2.45, 2.75) is 13.8 Å². The SMILES string of the molecule is CCOP(=O)(/C=C/c1ccc2cc(N)cc(-c3cccc4ccccc34)c2n1)OCC. The monoisotopic (exact) mass is 432 g/mol. The molecule has 0 spiro atoms. The average molecular weight is 432 g/mol. The molecule has 31 heavy (non-hydrogen) atoms. The highest BCUT2D eigenvalue weighted by Gasteiger charge is 2.19. The van der Waals surface area contributed by atoms with Crippen molar-refractivity contribution in [3.05, 3.63) is 78.2 Å². The van der Waals surface area contributed by atoms with E-state index in [2.05, 4.69) is 24.3 Å². The molecule has 0 fully saturated rings. The van der Waals surface area contributed by atoms with Gasteiger partial charge in [-0.05, 0) is 54.5 Å². The number of benzene rings is 3. The summed E-state index contributed by atoms with van der Waals surface area (Å²) in [4.78, 5) is 4.85. The minimum atomic E-state index is -3.30. The molecule has 0 atom stereocenters. The van der Waals surface area contributed by atoms with Crippen molar-refractivity contribution >= 4 is 41.0 Å². The third kappa shape index (κ3) is 4.54. The smallest absolute Gasteiger partial charge is 0.354 e. The quantitative estimate of drug-likeness (QED) is 0.255. The first kappa shape index (κ1) is 21.3. The van der Waals surface area contributed by atoms with Crippen molar-refractivity contribution in [3.63, 3.8) is 0 Å². The van der Waals surface area contributed by atoms with Crippen molar-refractivity contribution < 1.29 is 13.6 Å². The number of pyridine rings is 1. The van der Waals surface area contributed by atoms with Gasteiger partial charge in [0.15, 0.2) is 0 Å². The number of fused-ring (bicyclic) bond motifs is 2. The summed E-state index contributed by atoms with van der Waals surface area (Å²) >= 11 is 0. The highest BCUT2D eigenvalue weighted by molar-refractivity contribution is 7.57. The molecule has 0 aliphatic rings. The van der Waals surface area contributed by atoms with Crippen LogP contribution in [-0.2, 0) is 13.6 Å². The molecule has 5 nitrogen and oxygen atoms in total. The maximum Gasteiger partial charge on any atom is 0.354 e. The Morgan fingerprint density at radius 1 is 0.903 bits per heavy atom.